The van der Waals surface area contributed by atoms with Gasteiger partial charge >= 0.3 is 5.97 Å². The molecular formula is C11H9NO2. The Hall–Kier alpha value is -1.82. The molecule has 0 fully saturated rings. The molecule has 14 heavy (non-hydrogen) atoms. The van der Waals surface area contributed by atoms with Crippen LogP contribution in [0.4, 0.5) is 0 Å². The van der Waals surface area contributed by atoms with Crippen molar-refractivity contribution in [2.24, 2.45) is 0 Å². The molecule has 1 heterocycles. The number of benzene rings is 1. The van der Waals surface area contributed by atoms with E-state index in [4.69, 9.17) is 10.00 Å². The second-order valence-corrected chi connectivity index (χ2v) is 3.57. The second-order valence-electron chi connectivity index (χ2n) is 3.57. The van der Waals surface area contributed by atoms with Crippen LogP contribution >= 0.6 is 0 Å². The molecule has 0 bridgehead atoms. The highest BCUT2D eigenvalue weighted by Crippen LogP contribution is 2.27. The number of cyclic esters (lactones) is 1. The molecule has 3 nitrogen and oxygen atoms in total. The molecule has 1 aliphatic heterocycles. The summed E-state index contributed by atoms with van der Waals surface area (Å²) in [7, 11) is 0. The van der Waals surface area contributed by atoms with Crippen LogP contribution in [0.2, 0.25) is 0 Å². The summed E-state index contributed by atoms with van der Waals surface area (Å²) < 4.78 is 5.05. The van der Waals surface area contributed by atoms with Crippen molar-refractivity contribution in [3.63, 3.8) is 0 Å². The van der Waals surface area contributed by atoms with Gasteiger partial charge in [0.25, 0.3) is 0 Å². The van der Waals surface area contributed by atoms with Gasteiger partial charge in [-0.25, -0.2) is 4.79 Å². The maximum atomic E-state index is 11.5. The first-order valence-electron chi connectivity index (χ1n) is 4.37. The van der Waals surface area contributed by atoms with Crippen molar-refractivity contribution >= 4 is 5.97 Å². The predicted molar refractivity (Wildman–Crippen MR) is 49.6 cm³/mol. The van der Waals surface area contributed by atoms with Crippen molar-refractivity contribution in [2.75, 3.05) is 0 Å². The zero-order valence-corrected chi connectivity index (χ0v) is 7.78. The summed E-state index contributed by atoms with van der Waals surface area (Å²) in [6.07, 6.45) is 0.464. The molecule has 0 spiro atoms. The van der Waals surface area contributed by atoms with Crippen molar-refractivity contribution in [3.05, 3.63) is 35.4 Å². The van der Waals surface area contributed by atoms with Crippen LogP contribution in [0.1, 0.15) is 22.8 Å². The maximum absolute atomic E-state index is 11.5. The third-order valence-electron chi connectivity index (χ3n) is 2.32. The van der Waals surface area contributed by atoms with Gasteiger partial charge in [0.2, 0.25) is 0 Å². The predicted octanol–water partition coefficient (Wildman–Crippen LogP) is 1.68. The first-order chi connectivity index (χ1) is 6.64. The SMILES string of the molecule is CC1(C#N)Cc2ccccc2C(=O)O1. The number of nitrogens with zero attached hydrogens (tertiary/aromatic N) is 1. The van der Waals surface area contributed by atoms with Gasteiger partial charge in [-0.2, -0.15) is 5.26 Å². The number of hydrogen-bond donors (Lipinski definition) is 0. The minimum Gasteiger partial charge on any atom is -0.440 e. The molecule has 3 heteroatoms. The van der Waals surface area contributed by atoms with E-state index >= 15 is 0 Å². The van der Waals surface area contributed by atoms with Gasteiger partial charge in [-0.05, 0) is 18.6 Å². The molecule has 1 aromatic rings. The average molecular weight is 187 g/mol. The summed E-state index contributed by atoms with van der Waals surface area (Å²) in [4.78, 5) is 11.5. The smallest absolute Gasteiger partial charge is 0.340 e. The normalized spacial score (nSPS) is 24.7. The first-order valence-corrected chi connectivity index (χ1v) is 4.37. The van der Waals surface area contributed by atoms with Gasteiger partial charge < -0.3 is 4.74 Å². The van der Waals surface area contributed by atoms with E-state index < -0.39 is 11.6 Å². The molecule has 0 radical (unpaired) electrons. The fourth-order valence-corrected chi connectivity index (χ4v) is 1.60. The molecule has 0 aliphatic carbocycles. The third-order valence-corrected chi connectivity index (χ3v) is 2.32. The first kappa shape index (κ1) is 8.76. The van der Waals surface area contributed by atoms with E-state index in [1.165, 1.54) is 0 Å². The minimum absolute atomic E-state index is 0.407. The Labute approximate surface area is 81.9 Å². The number of carbonyl (C=O) groups excluding carboxylic acids is 1. The Morgan fingerprint density at radius 2 is 2.21 bits per heavy atom. The third kappa shape index (κ3) is 1.25. The summed E-state index contributed by atoms with van der Waals surface area (Å²) in [6, 6.07) is 9.22. The molecule has 0 saturated heterocycles. The Morgan fingerprint density at radius 3 is 2.93 bits per heavy atom. The van der Waals surface area contributed by atoms with Crippen LogP contribution in [0, 0.1) is 11.3 Å². The van der Waals surface area contributed by atoms with E-state index in [0.29, 0.717) is 12.0 Å². The molecule has 2 rings (SSSR count). The molecule has 0 saturated carbocycles. The maximum Gasteiger partial charge on any atom is 0.340 e. The van der Waals surface area contributed by atoms with E-state index in [1.807, 2.05) is 18.2 Å². The van der Waals surface area contributed by atoms with Gasteiger partial charge in [0, 0.05) is 6.42 Å². The number of fused-ring (bicyclic) bond motifs is 1. The van der Waals surface area contributed by atoms with Gasteiger partial charge in [-0.3, -0.25) is 0 Å². The van der Waals surface area contributed by atoms with Crippen molar-refractivity contribution < 1.29 is 9.53 Å². The van der Waals surface area contributed by atoms with E-state index in [9.17, 15) is 4.79 Å². The second kappa shape index (κ2) is 2.85. The van der Waals surface area contributed by atoms with E-state index in [2.05, 4.69) is 0 Å². The van der Waals surface area contributed by atoms with Gasteiger partial charge in [0.1, 0.15) is 6.07 Å². The van der Waals surface area contributed by atoms with Crippen LogP contribution in [0.5, 0.6) is 0 Å². The van der Waals surface area contributed by atoms with E-state index in [-0.39, 0.29) is 0 Å². The standard InChI is InChI=1S/C11H9NO2/c1-11(7-12)6-8-4-2-3-5-9(8)10(13)14-11/h2-5H,6H2,1H3. The lowest BCUT2D eigenvalue weighted by Crippen LogP contribution is -2.37. The summed E-state index contributed by atoms with van der Waals surface area (Å²) in [5.74, 6) is -0.407. The Morgan fingerprint density at radius 1 is 1.50 bits per heavy atom. The number of hydrogen-bond acceptors (Lipinski definition) is 3. The lowest BCUT2D eigenvalue weighted by atomic mass is 9.91. The zero-order valence-electron chi connectivity index (χ0n) is 7.78. The van der Waals surface area contributed by atoms with Gasteiger partial charge in [-0.1, -0.05) is 18.2 Å². The molecule has 1 atom stereocenters. The molecule has 1 aromatic carbocycles. The van der Waals surface area contributed by atoms with Crippen LogP contribution in [0.3, 0.4) is 0 Å². The van der Waals surface area contributed by atoms with Crippen molar-refractivity contribution in [2.45, 2.75) is 18.9 Å². The van der Waals surface area contributed by atoms with Crippen LogP contribution in [0.15, 0.2) is 24.3 Å². The molecule has 0 N–H and O–H groups in total. The average Bonchev–Trinajstić information content (AvgIpc) is 2.18. The monoisotopic (exact) mass is 187 g/mol. The number of nitriles is 1. The Bertz CT molecular complexity index is 433. The van der Waals surface area contributed by atoms with Gasteiger partial charge in [0.15, 0.2) is 5.60 Å². The summed E-state index contributed by atoms with van der Waals surface area (Å²) in [5, 5.41) is 8.87. The molecule has 0 aromatic heterocycles. The summed E-state index contributed by atoms with van der Waals surface area (Å²) in [6.45, 7) is 1.63. The van der Waals surface area contributed by atoms with Crippen molar-refractivity contribution in [1.82, 2.24) is 0 Å². The lowest BCUT2D eigenvalue weighted by Gasteiger charge is -2.28. The van der Waals surface area contributed by atoms with Crippen molar-refractivity contribution in [3.8, 4) is 6.07 Å². The molecule has 0 amide bonds. The Balaban J connectivity index is 2.49. The van der Waals surface area contributed by atoms with Crippen molar-refractivity contribution in [1.29, 1.82) is 5.26 Å². The highest BCUT2D eigenvalue weighted by molar-refractivity contribution is 5.92. The molecule has 70 valence electrons. The lowest BCUT2D eigenvalue weighted by molar-refractivity contribution is 0.00851. The minimum atomic E-state index is -1.01. The topological polar surface area (TPSA) is 50.1 Å². The van der Waals surface area contributed by atoms with Gasteiger partial charge in [-0.15, -0.1) is 0 Å². The quantitative estimate of drug-likeness (QED) is 0.580. The van der Waals surface area contributed by atoms with Crippen LogP contribution in [-0.2, 0) is 11.2 Å². The Kier molecular flexibility index (Phi) is 1.78. The number of esters is 1. The number of carbonyl (C=O) groups is 1. The highest BCUT2D eigenvalue weighted by atomic mass is 16.6. The van der Waals surface area contributed by atoms with Crippen LogP contribution in [-0.4, -0.2) is 11.6 Å². The number of ether oxygens (including phenoxy) is 1. The molecule has 1 unspecified atom stereocenters. The molecule has 1 aliphatic rings. The number of rotatable bonds is 0. The van der Waals surface area contributed by atoms with E-state index in [0.717, 1.165) is 5.56 Å². The molecular weight excluding hydrogens is 178 g/mol. The fourth-order valence-electron chi connectivity index (χ4n) is 1.60. The van der Waals surface area contributed by atoms with E-state index in [1.54, 1.807) is 19.1 Å². The van der Waals surface area contributed by atoms with Crippen LogP contribution in [0.25, 0.3) is 0 Å². The van der Waals surface area contributed by atoms with Crippen LogP contribution < -0.4 is 0 Å². The highest BCUT2D eigenvalue weighted by Gasteiger charge is 2.35. The summed E-state index contributed by atoms with van der Waals surface area (Å²) in [5.41, 5.74) is 0.443. The largest absolute Gasteiger partial charge is 0.440 e. The zero-order chi connectivity index (χ0) is 10.2. The fraction of sp³-hybridized carbons (Fsp3) is 0.273. The van der Waals surface area contributed by atoms with Gasteiger partial charge in [0.05, 0.1) is 5.56 Å². The summed E-state index contributed by atoms with van der Waals surface area (Å²) >= 11 is 0.